The number of ether oxygens (including phenoxy) is 3. The first kappa shape index (κ1) is 22.3. The lowest BCUT2D eigenvalue weighted by Crippen LogP contribution is -2.47. The molecule has 2 aromatic rings. The van der Waals surface area contributed by atoms with Crippen LogP contribution in [0, 0.1) is 0 Å². The van der Waals surface area contributed by atoms with Crippen LogP contribution in [0.1, 0.15) is 25.3 Å². The first-order valence-corrected chi connectivity index (χ1v) is 11.1. The van der Waals surface area contributed by atoms with E-state index in [0.717, 1.165) is 34.6 Å². The quantitative estimate of drug-likeness (QED) is 0.717. The van der Waals surface area contributed by atoms with Crippen LogP contribution in [-0.4, -0.2) is 56.2 Å². The summed E-state index contributed by atoms with van der Waals surface area (Å²) >= 11 is 6.55. The van der Waals surface area contributed by atoms with Crippen molar-refractivity contribution in [1.82, 2.24) is 10.2 Å². The van der Waals surface area contributed by atoms with E-state index in [1.807, 2.05) is 30.3 Å². The van der Waals surface area contributed by atoms with Gasteiger partial charge in [0.2, 0.25) is 11.8 Å². The standard InChI is InChI=1S/C24H27ClN2O5/c1-14(28)27-8-4-5-21(27)24(29)26-13-18-10-16-9-15(11-20(25)23(16)32-18)19-12-17(30-2)6-7-22(19)31-3/h6-7,9,11-12,18,21H,4-5,8,10,13H2,1-3H3,(H,26,29)/t18?,21-/m0/s1. The van der Waals surface area contributed by atoms with Gasteiger partial charge in [-0.05, 0) is 48.7 Å². The van der Waals surface area contributed by atoms with Crippen molar-refractivity contribution < 1.29 is 23.8 Å². The summed E-state index contributed by atoms with van der Waals surface area (Å²) in [4.78, 5) is 26.0. The lowest BCUT2D eigenvalue weighted by molar-refractivity contribution is -0.137. The highest BCUT2D eigenvalue weighted by Crippen LogP contribution is 2.42. The van der Waals surface area contributed by atoms with Crippen LogP contribution in [0.15, 0.2) is 30.3 Å². The van der Waals surface area contributed by atoms with Crippen LogP contribution in [0.2, 0.25) is 5.02 Å². The zero-order chi connectivity index (χ0) is 22.8. The number of methoxy groups -OCH3 is 2. The van der Waals surface area contributed by atoms with Gasteiger partial charge in [0.15, 0.2) is 0 Å². The number of rotatable bonds is 6. The minimum Gasteiger partial charge on any atom is -0.497 e. The lowest BCUT2D eigenvalue weighted by Gasteiger charge is -2.23. The Kier molecular flexibility index (Phi) is 6.46. The van der Waals surface area contributed by atoms with Crippen molar-refractivity contribution in [2.45, 2.75) is 38.3 Å². The van der Waals surface area contributed by atoms with E-state index < -0.39 is 6.04 Å². The Morgan fingerprint density at radius 1 is 1.22 bits per heavy atom. The third-order valence-electron chi connectivity index (χ3n) is 6.03. The van der Waals surface area contributed by atoms with Gasteiger partial charge >= 0.3 is 0 Å². The van der Waals surface area contributed by atoms with Gasteiger partial charge in [-0.25, -0.2) is 0 Å². The Labute approximate surface area is 192 Å². The minimum absolute atomic E-state index is 0.0700. The summed E-state index contributed by atoms with van der Waals surface area (Å²) in [6.07, 6.45) is 1.93. The van der Waals surface area contributed by atoms with Gasteiger partial charge in [0.25, 0.3) is 0 Å². The summed E-state index contributed by atoms with van der Waals surface area (Å²) in [7, 11) is 3.24. The Bertz CT molecular complexity index is 1040. The molecular formula is C24H27ClN2O5. The molecule has 170 valence electrons. The summed E-state index contributed by atoms with van der Waals surface area (Å²) in [5.41, 5.74) is 2.75. The molecule has 32 heavy (non-hydrogen) atoms. The number of halogens is 1. The average molecular weight is 459 g/mol. The first-order valence-electron chi connectivity index (χ1n) is 10.7. The Morgan fingerprint density at radius 3 is 2.75 bits per heavy atom. The number of hydrogen-bond donors (Lipinski definition) is 1. The highest BCUT2D eigenvalue weighted by atomic mass is 35.5. The van der Waals surface area contributed by atoms with Crippen LogP contribution in [0.4, 0.5) is 0 Å². The molecular weight excluding hydrogens is 432 g/mol. The van der Waals surface area contributed by atoms with E-state index in [0.29, 0.717) is 36.7 Å². The van der Waals surface area contributed by atoms with Crippen molar-refractivity contribution in [2.24, 2.45) is 0 Å². The number of hydrogen-bond acceptors (Lipinski definition) is 5. The molecule has 8 heteroatoms. The molecule has 0 aromatic heterocycles. The third-order valence-corrected chi connectivity index (χ3v) is 6.31. The number of carbonyl (C=O) groups excluding carboxylic acids is 2. The van der Waals surface area contributed by atoms with E-state index in [1.165, 1.54) is 6.92 Å². The monoisotopic (exact) mass is 458 g/mol. The average Bonchev–Trinajstić information content (AvgIpc) is 3.44. The van der Waals surface area contributed by atoms with Crippen LogP contribution in [-0.2, 0) is 16.0 Å². The Morgan fingerprint density at radius 2 is 2.03 bits per heavy atom. The first-order chi connectivity index (χ1) is 15.4. The fourth-order valence-corrected chi connectivity index (χ4v) is 4.73. The smallest absolute Gasteiger partial charge is 0.242 e. The highest BCUT2D eigenvalue weighted by Gasteiger charge is 2.33. The van der Waals surface area contributed by atoms with Crippen LogP contribution in [0.25, 0.3) is 11.1 Å². The molecule has 1 saturated heterocycles. The van der Waals surface area contributed by atoms with E-state index in [-0.39, 0.29) is 17.9 Å². The molecule has 0 bridgehead atoms. The Balaban J connectivity index is 1.47. The predicted octanol–water partition coefficient (Wildman–Crippen LogP) is 3.45. The van der Waals surface area contributed by atoms with Crippen molar-refractivity contribution in [3.05, 3.63) is 40.9 Å². The number of likely N-dealkylation sites (tertiary alicyclic amines) is 1. The van der Waals surface area contributed by atoms with Crippen LogP contribution < -0.4 is 19.5 Å². The summed E-state index contributed by atoms with van der Waals surface area (Å²) in [5, 5.41) is 3.46. The van der Waals surface area contributed by atoms with Gasteiger partial charge in [-0.1, -0.05) is 11.6 Å². The number of amides is 2. The van der Waals surface area contributed by atoms with Crippen LogP contribution >= 0.6 is 11.6 Å². The molecule has 2 aliphatic heterocycles. The number of carbonyl (C=O) groups is 2. The van der Waals surface area contributed by atoms with Crippen molar-refractivity contribution in [1.29, 1.82) is 0 Å². The summed E-state index contributed by atoms with van der Waals surface area (Å²) < 4.78 is 16.9. The van der Waals surface area contributed by atoms with Gasteiger partial charge in [-0.3, -0.25) is 9.59 Å². The van der Waals surface area contributed by atoms with Crippen molar-refractivity contribution in [2.75, 3.05) is 27.3 Å². The molecule has 1 fully saturated rings. The maximum absolute atomic E-state index is 12.6. The van der Waals surface area contributed by atoms with Gasteiger partial charge in [-0.15, -0.1) is 0 Å². The number of nitrogens with zero attached hydrogens (tertiary/aromatic N) is 1. The number of benzene rings is 2. The topological polar surface area (TPSA) is 77.1 Å². The Hall–Kier alpha value is -2.93. The molecule has 2 atom stereocenters. The van der Waals surface area contributed by atoms with Crippen LogP contribution in [0.5, 0.6) is 17.2 Å². The molecule has 0 spiro atoms. The number of nitrogens with one attached hydrogen (secondary N) is 1. The maximum Gasteiger partial charge on any atom is 0.242 e. The second-order valence-corrected chi connectivity index (χ2v) is 8.48. The van der Waals surface area contributed by atoms with Gasteiger partial charge in [0.05, 0.1) is 25.8 Å². The normalized spacial score (nSPS) is 19.3. The fourth-order valence-electron chi connectivity index (χ4n) is 4.45. The SMILES string of the molecule is COc1ccc(OC)c(-c2cc(Cl)c3c(c2)CC(CNC(=O)[C@@H]2CCCN2C(C)=O)O3)c1. The zero-order valence-corrected chi connectivity index (χ0v) is 19.2. The fraction of sp³-hybridized carbons (Fsp3) is 0.417. The van der Waals surface area contributed by atoms with Gasteiger partial charge < -0.3 is 24.4 Å². The molecule has 2 aliphatic rings. The molecule has 1 N–H and O–H groups in total. The van der Waals surface area contributed by atoms with Crippen LogP contribution in [0.3, 0.4) is 0 Å². The minimum atomic E-state index is -0.396. The molecule has 2 amide bonds. The van der Waals surface area contributed by atoms with E-state index >= 15 is 0 Å². The molecule has 0 aliphatic carbocycles. The molecule has 0 saturated carbocycles. The lowest BCUT2D eigenvalue weighted by atomic mass is 9.99. The van der Waals surface area contributed by atoms with Gasteiger partial charge in [-0.2, -0.15) is 0 Å². The summed E-state index contributed by atoms with van der Waals surface area (Å²) in [6.45, 7) is 2.48. The van der Waals surface area contributed by atoms with E-state index in [1.54, 1.807) is 19.1 Å². The van der Waals surface area contributed by atoms with Crippen molar-refractivity contribution >= 4 is 23.4 Å². The summed E-state index contributed by atoms with van der Waals surface area (Å²) in [5.74, 6) is 1.88. The zero-order valence-electron chi connectivity index (χ0n) is 18.4. The highest BCUT2D eigenvalue weighted by molar-refractivity contribution is 6.32. The third kappa shape index (κ3) is 4.35. The molecule has 0 radical (unpaired) electrons. The largest absolute Gasteiger partial charge is 0.497 e. The van der Waals surface area contributed by atoms with Gasteiger partial charge in [0, 0.05) is 31.0 Å². The molecule has 1 unspecified atom stereocenters. The molecule has 7 nitrogen and oxygen atoms in total. The van der Waals surface area contributed by atoms with E-state index in [2.05, 4.69) is 5.32 Å². The van der Waals surface area contributed by atoms with Crippen molar-refractivity contribution in [3.8, 4) is 28.4 Å². The maximum atomic E-state index is 12.6. The van der Waals surface area contributed by atoms with Gasteiger partial charge in [0.1, 0.15) is 29.4 Å². The predicted molar refractivity (Wildman–Crippen MR) is 122 cm³/mol. The van der Waals surface area contributed by atoms with E-state index in [4.69, 9.17) is 25.8 Å². The molecule has 4 rings (SSSR count). The van der Waals surface area contributed by atoms with Crippen molar-refractivity contribution in [3.63, 3.8) is 0 Å². The molecule has 2 aromatic carbocycles. The van der Waals surface area contributed by atoms with E-state index in [9.17, 15) is 9.59 Å². The molecule has 2 heterocycles. The number of fused-ring (bicyclic) bond motifs is 1. The second kappa shape index (κ2) is 9.28. The summed E-state index contributed by atoms with van der Waals surface area (Å²) in [6, 6.07) is 9.10. The second-order valence-electron chi connectivity index (χ2n) is 8.07.